The average Bonchev–Trinajstić information content (AvgIpc) is 3.76. The van der Waals surface area contributed by atoms with Gasteiger partial charge >= 0.3 is 0 Å². The highest BCUT2D eigenvalue weighted by atomic mass is 16.3. The van der Waals surface area contributed by atoms with E-state index >= 15 is 0 Å². The summed E-state index contributed by atoms with van der Waals surface area (Å²) < 4.78 is 7.48. The fraction of sp³-hybridized carbons (Fsp3) is 0. The first kappa shape index (κ1) is 34.5. The van der Waals surface area contributed by atoms with Gasteiger partial charge in [0.05, 0.1) is 0 Å². The first-order valence-electron chi connectivity index (χ1n) is 21.8. The molecule has 0 aliphatic carbocycles. The van der Waals surface area contributed by atoms with Crippen molar-refractivity contribution in [3.05, 3.63) is 218 Å². The van der Waals surface area contributed by atoms with Crippen LogP contribution >= 0.6 is 0 Å². The predicted molar refractivity (Wildman–Crippen MR) is 269 cm³/mol. The summed E-state index contributed by atoms with van der Waals surface area (Å²) in [6.07, 6.45) is 0. The molecule has 290 valence electrons. The third-order valence-corrected chi connectivity index (χ3v) is 13.8. The van der Waals surface area contributed by atoms with Crippen molar-refractivity contribution in [1.82, 2.24) is 0 Å². The molecule has 0 N–H and O–H groups in total. The first-order valence-corrected chi connectivity index (χ1v) is 21.8. The number of benzene rings is 13. The Balaban J connectivity index is 1.12. The molecule has 0 saturated carbocycles. The normalized spacial score (nSPS) is 12.1. The summed E-state index contributed by atoms with van der Waals surface area (Å²) in [4.78, 5) is 0. The molecule has 0 aliphatic heterocycles. The molecule has 14 aromatic rings. The first-order chi connectivity index (χ1) is 31.3. The molecule has 1 aromatic heterocycles. The number of hydrogen-bond donors (Lipinski definition) is 0. The van der Waals surface area contributed by atoms with E-state index in [1.807, 2.05) is 0 Å². The fourth-order valence-corrected chi connectivity index (χ4v) is 11.0. The molecule has 13 aromatic carbocycles. The summed E-state index contributed by atoms with van der Waals surface area (Å²) in [5.41, 5.74) is 11.4. The maximum absolute atomic E-state index is 7.48. The summed E-state index contributed by atoms with van der Waals surface area (Å²) in [6, 6.07) is 80.4. The molecule has 63 heavy (non-hydrogen) atoms. The van der Waals surface area contributed by atoms with Crippen LogP contribution in [0.3, 0.4) is 0 Å². The molecule has 0 atom stereocenters. The molecular weight excluding hydrogens is 761 g/mol. The number of furan rings is 1. The van der Waals surface area contributed by atoms with E-state index < -0.39 is 0 Å². The van der Waals surface area contributed by atoms with Gasteiger partial charge in [-0.05, 0) is 122 Å². The third-order valence-electron chi connectivity index (χ3n) is 13.8. The largest absolute Gasteiger partial charge is 0.455 e. The van der Waals surface area contributed by atoms with Crippen LogP contribution in [0.4, 0.5) is 0 Å². The van der Waals surface area contributed by atoms with Crippen LogP contribution in [0.1, 0.15) is 0 Å². The second-order valence-electron chi connectivity index (χ2n) is 17.0. The van der Waals surface area contributed by atoms with Gasteiger partial charge in [0.25, 0.3) is 0 Å². The van der Waals surface area contributed by atoms with Crippen molar-refractivity contribution in [2.24, 2.45) is 0 Å². The van der Waals surface area contributed by atoms with Crippen molar-refractivity contribution in [2.75, 3.05) is 0 Å². The highest BCUT2D eigenvalue weighted by molar-refractivity contribution is 6.31. The van der Waals surface area contributed by atoms with E-state index in [0.29, 0.717) is 0 Å². The molecule has 0 unspecified atom stereocenters. The van der Waals surface area contributed by atoms with Gasteiger partial charge in [0, 0.05) is 27.3 Å². The van der Waals surface area contributed by atoms with E-state index in [0.717, 1.165) is 32.9 Å². The topological polar surface area (TPSA) is 13.1 Å². The van der Waals surface area contributed by atoms with E-state index in [-0.39, 0.29) is 0 Å². The summed E-state index contributed by atoms with van der Waals surface area (Å²) in [6.45, 7) is 0. The standard InChI is InChI=1S/C62H36O/c1-3-12-37(13-4-1)43-20-11-21-53-47(43)32-34-55-60-51(48-28-24-41-25-30-49-45(38-14-5-2-6-15-38)27-23-40-26-31-50(48)58(41)57(40)49)33-35-54(62(60)63-61(53)55)59-46-19-10-8-17-42(46)36-56-44-18-9-7-16-39(44)22-29-52(56)59/h1-36H. The van der Waals surface area contributed by atoms with Gasteiger partial charge < -0.3 is 4.42 Å². The molecule has 0 fully saturated rings. The maximum atomic E-state index is 7.48. The van der Waals surface area contributed by atoms with E-state index in [9.17, 15) is 0 Å². The average molecular weight is 797 g/mol. The van der Waals surface area contributed by atoms with Crippen LogP contribution in [0.5, 0.6) is 0 Å². The molecule has 0 spiro atoms. The molecule has 0 saturated heterocycles. The molecular formula is C62H36O. The van der Waals surface area contributed by atoms with Crippen molar-refractivity contribution in [3.8, 4) is 44.5 Å². The van der Waals surface area contributed by atoms with Crippen molar-refractivity contribution in [1.29, 1.82) is 0 Å². The minimum Gasteiger partial charge on any atom is -0.455 e. The van der Waals surface area contributed by atoms with Crippen LogP contribution in [0.25, 0.3) is 142 Å². The molecule has 14 rings (SSSR count). The number of hydrogen-bond acceptors (Lipinski definition) is 1. The van der Waals surface area contributed by atoms with Gasteiger partial charge in [0.15, 0.2) is 0 Å². The van der Waals surface area contributed by atoms with E-state index in [4.69, 9.17) is 4.42 Å². The van der Waals surface area contributed by atoms with Gasteiger partial charge in [-0.25, -0.2) is 0 Å². The smallest absolute Gasteiger partial charge is 0.143 e. The lowest BCUT2D eigenvalue weighted by atomic mass is 9.85. The van der Waals surface area contributed by atoms with Gasteiger partial charge in [-0.3, -0.25) is 0 Å². The third kappa shape index (κ3) is 4.93. The lowest BCUT2D eigenvalue weighted by Gasteiger charge is -2.18. The Morgan fingerprint density at radius 3 is 1.51 bits per heavy atom. The minimum absolute atomic E-state index is 0.906. The molecule has 0 bridgehead atoms. The molecule has 0 radical (unpaired) electrons. The Labute approximate surface area is 363 Å². The maximum Gasteiger partial charge on any atom is 0.143 e. The predicted octanol–water partition coefficient (Wildman–Crippen LogP) is 17.8. The van der Waals surface area contributed by atoms with E-state index in [1.54, 1.807) is 0 Å². The van der Waals surface area contributed by atoms with E-state index in [1.165, 1.54) is 109 Å². The van der Waals surface area contributed by atoms with Crippen molar-refractivity contribution < 1.29 is 4.42 Å². The minimum atomic E-state index is 0.906. The molecule has 0 aliphatic rings. The SMILES string of the molecule is c1ccc(-c2cccc3c2ccc2c3oc3c(-c4c5ccccc5cc5c4ccc4ccccc45)ccc(-c4ccc5ccc6c(-c7ccccc7)ccc7ccc4c5c76)c32)cc1. The van der Waals surface area contributed by atoms with Crippen LogP contribution in [-0.4, -0.2) is 0 Å². The van der Waals surface area contributed by atoms with Crippen molar-refractivity contribution in [2.45, 2.75) is 0 Å². The molecule has 0 amide bonds. The Bertz CT molecular complexity index is 4180. The Kier molecular flexibility index (Phi) is 7.17. The second-order valence-corrected chi connectivity index (χ2v) is 17.0. The molecule has 1 nitrogen and oxygen atoms in total. The zero-order chi connectivity index (χ0) is 41.2. The van der Waals surface area contributed by atoms with Gasteiger partial charge in [-0.2, -0.15) is 0 Å². The summed E-state index contributed by atoms with van der Waals surface area (Å²) in [7, 11) is 0. The highest BCUT2D eigenvalue weighted by Gasteiger charge is 2.24. The van der Waals surface area contributed by atoms with Crippen molar-refractivity contribution >= 4 is 97.3 Å². The molecule has 1 heteroatoms. The number of rotatable bonds is 4. The Morgan fingerprint density at radius 1 is 0.222 bits per heavy atom. The number of fused-ring (bicyclic) bond motifs is 9. The van der Waals surface area contributed by atoms with Gasteiger partial charge in [-0.1, -0.05) is 200 Å². The summed E-state index contributed by atoms with van der Waals surface area (Å²) >= 11 is 0. The zero-order valence-corrected chi connectivity index (χ0v) is 34.2. The highest BCUT2D eigenvalue weighted by Crippen LogP contribution is 2.50. The van der Waals surface area contributed by atoms with E-state index in [2.05, 4.69) is 218 Å². The molecule has 1 heterocycles. The Hall–Kier alpha value is -8.26. The summed E-state index contributed by atoms with van der Waals surface area (Å²) in [5.74, 6) is 0. The monoisotopic (exact) mass is 796 g/mol. The lowest BCUT2D eigenvalue weighted by Crippen LogP contribution is -1.91. The van der Waals surface area contributed by atoms with Gasteiger partial charge in [0.1, 0.15) is 11.2 Å². The quantitative estimate of drug-likeness (QED) is 0.128. The van der Waals surface area contributed by atoms with Gasteiger partial charge in [-0.15, -0.1) is 0 Å². The second kappa shape index (κ2) is 13.1. The zero-order valence-electron chi connectivity index (χ0n) is 34.2. The van der Waals surface area contributed by atoms with Crippen LogP contribution in [0, 0.1) is 0 Å². The van der Waals surface area contributed by atoms with Crippen LogP contribution in [0.2, 0.25) is 0 Å². The van der Waals surface area contributed by atoms with Crippen LogP contribution in [0.15, 0.2) is 223 Å². The van der Waals surface area contributed by atoms with Crippen molar-refractivity contribution in [3.63, 3.8) is 0 Å². The van der Waals surface area contributed by atoms with Gasteiger partial charge in [0.2, 0.25) is 0 Å². The fourth-order valence-electron chi connectivity index (χ4n) is 11.0. The van der Waals surface area contributed by atoms with Crippen LogP contribution < -0.4 is 0 Å². The van der Waals surface area contributed by atoms with Crippen LogP contribution in [-0.2, 0) is 0 Å². The summed E-state index contributed by atoms with van der Waals surface area (Å²) in [5, 5.41) is 19.6. The Morgan fingerprint density at radius 2 is 0.746 bits per heavy atom. The lowest BCUT2D eigenvalue weighted by molar-refractivity contribution is 0.674.